The fourth-order valence-electron chi connectivity index (χ4n) is 4.20. The maximum atomic E-state index is 12.9. The fourth-order valence-corrected chi connectivity index (χ4v) is 4.20. The number of pyridine rings is 1. The molecule has 2 aliphatic carbocycles. The molecule has 1 N–H and O–H groups in total. The first-order valence-electron chi connectivity index (χ1n) is 7.51. The number of fused-ring (bicyclic) bond motifs is 2. The van der Waals surface area contributed by atoms with Crippen LogP contribution in [0.3, 0.4) is 0 Å². The number of amides is 1. The number of carbonyl (C=O) groups is 2. The van der Waals surface area contributed by atoms with E-state index in [1.54, 1.807) is 6.20 Å². The molecule has 2 aliphatic rings. The van der Waals surface area contributed by atoms with Gasteiger partial charge in [0.2, 0.25) is 5.91 Å². The molecule has 4 heteroatoms. The Bertz CT molecular complexity index is 637. The van der Waals surface area contributed by atoms with Gasteiger partial charge in [-0.05, 0) is 36.8 Å². The fraction of sp³-hybridized carbons (Fsp3) is 0.588. The Morgan fingerprint density at radius 2 is 2.00 bits per heavy atom. The molecule has 2 atom stereocenters. The maximum Gasteiger partial charge on any atom is 0.232 e. The van der Waals surface area contributed by atoms with Crippen molar-refractivity contribution in [2.45, 2.75) is 47.0 Å². The predicted molar refractivity (Wildman–Crippen MR) is 80.8 cm³/mol. The summed E-state index contributed by atoms with van der Waals surface area (Å²) in [5.74, 6) is 0.774. The monoisotopic (exact) mass is 286 g/mol. The van der Waals surface area contributed by atoms with Gasteiger partial charge in [-0.1, -0.05) is 26.8 Å². The molecule has 0 aliphatic heterocycles. The lowest BCUT2D eigenvalue weighted by atomic mass is 9.64. The van der Waals surface area contributed by atoms with Gasteiger partial charge in [0.25, 0.3) is 0 Å². The van der Waals surface area contributed by atoms with Crippen molar-refractivity contribution >= 4 is 17.5 Å². The van der Waals surface area contributed by atoms with Gasteiger partial charge >= 0.3 is 0 Å². The van der Waals surface area contributed by atoms with Gasteiger partial charge in [-0.3, -0.25) is 9.59 Å². The largest absolute Gasteiger partial charge is 0.310 e. The number of nitrogens with one attached hydrogen (secondary N) is 1. The standard InChI is InChI=1S/C17H22N2O2/c1-11-6-5-9-18-13(11)19-14(21)17-8-7-16(4,12(20)10-17)15(17,2)3/h5-6,9H,7-8,10H2,1-4H3,(H,18,19,21)/t16-,17+/m1/s1. The molecule has 4 nitrogen and oxygen atoms in total. The summed E-state index contributed by atoms with van der Waals surface area (Å²) in [5.41, 5.74) is -0.346. The number of ketones is 1. The molecule has 1 aromatic heterocycles. The Morgan fingerprint density at radius 3 is 2.52 bits per heavy atom. The summed E-state index contributed by atoms with van der Waals surface area (Å²) in [6.45, 7) is 8.07. The highest BCUT2D eigenvalue weighted by atomic mass is 16.2. The number of Topliss-reactive ketones (excluding diaryl/α,β-unsaturated/α-hetero) is 1. The molecule has 0 spiro atoms. The van der Waals surface area contributed by atoms with Crippen LogP contribution in [0, 0.1) is 23.2 Å². The lowest BCUT2D eigenvalue weighted by molar-refractivity contribution is -0.131. The first kappa shape index (κ1) is 14.2. The van der Waals surface area contributed by atoms with Crippen molar-refractivity contribution in [1.82, 2.24) is 4.98 Å². The van der Waals surface area contributed by atoms with Gasteiger partial charge in [0.05, 0.1) is 5.41 Å². The number of hydrogen-bond acceptors (Lipinski definition) is 3. The normalized spacial score (nSPS) is 33.2. The number of hydrogen-bond donors (Lipinski definition) is 1. The van der Waals surface area contributed by atoms with Crippen LogP contribution in [0.25, 0.3) is 0 Å². The summed E-state index contributed by atoms with van der Waals surface area (Å²) in [5, 5.41) is 2.96. The van der Waals surface area contributed by atoms with Crippen LogP contribution in [0.15, 0.2) is 18.3 Å². The van der Waals surface area contributed by atoms with Crippen LogP contribution in [-0.2, 0) is 9.59 Å². The molecule has 112 valence electrons. The van der Waals surface area contributed by atoms with Crippen LogP contribution in [-0.4, -0.2) is 16.7 Å². The Morgan fingerprint density at radius 1 is 1.29 bits per heavy atom. The first-order valence-corrected chi connectivity index (χ1v) is 7.51. The molecule has 0 saturated heterocycles. The zero-order valence-electron chi connectivity index (χ0n) is 13.1. The minimum atomic E-state index is -0.594. The maximum absolute atomic E-state index is 12.9. The second kappa shape index (κ2) is 4.15. The number of aryl methyl sites for hydroxylation is 1. The molecule has 0 aromatic carbocycles. The van der Waals surface area contributed by atoms with Crippen LogP contribution >= 0.6 is 0 Å². The summed E-state index contributed by atoms with van der Waals surface area (Å²) in [4.78, 5) is 29.6. The van der Waals surface area contributed by atoms with E-state index in [0.29, 0.717) is 12.2 Å². The number of anilines is 1. The Labute approximate surface area is 125 Å². The van der Waals surface area contributed by atoms with Gasteiger partial charge in [0.15, 0.2) is 0 Å². The summed E-state index contributed by atoms with van der Waals surface area (Å²) in [6.07, 6.45) is 3.60. The van der Waals surface area contributed by atoms with Gasteiger partial charge in [-0.2, -0.15) is 0 Å². The van der Waals surface area contributed by atoms with Crippen molar-refractivity contribution in [3.05, 3.63) is 23.9 Å². The zero-order valence-corrected chi connectivity index (χ0v) is 13.1. The SMILES string of the molecule is Cc1cccnc1NC(=O)[C@]12CC[C@](C)(C(=O)C1)C2(C)C. The van der Waals surface area contributed by atoms with Crippen molar-refractivity contribution < 1.29 is 9.59 Å². The zero-order chi connectivity index (χ0) is 15.5. The lowest BCUT2D eigenvalue weighted by Gasteiger charge is -2.38. The third kappa shape index (κ3) is 1.59. The molecular weight excluding hydrogens is 264 g/mol. The van der Waals surface area contributed by atoms with Gasteiger partial charge in [-0.15, -0.1) is 0 Å². The molecule has 1 aromatic rings. The predicted octanol–water partition coefficient (Wildman–Crippen LogP) is 3.11. The molecule has 0 unspecified atom stereocenters. The van der Waals surface area contributed by atoms with Gasteiger partial charge in [0.1, 0.15) is 11.6 Å². The van der Waals surface area contributed by atoms with Crippen molar-refractivity contribution in [2.75, 3.05) is 5.32 Å². The van der Waals surface area contributed by atoms with E-state index in [2.05, 4.69) is 24.1 Å². The van der Waals surface area contributed by atoms with E-state index in [-0.39, 0.29) is 22.5 Å². The van der Waals surface area contributed by atoms with E-state index in [4.69, 9.17) is 0 Å². The highest BCUT2D eigenvalue weighted by molar-refractivity contribution is 6.04. The summed E-state index contributed by atoms with van der Waals surface area (Å²) in [7, 11) is 0. The lowest BCUT2D eigenvalue weighted by Crippen LogP contribution is -2.43. The van der Waals surface area contributed by atoms with Gasteiger partial charge in [-0.25, -0.2) is 4.98 Å². The van der Waals surface area contributed by atoms with Crippen LogP contribution in [0.4, 0.5) is 5.82 Å². The average Bonchev–Trinajstić information content (AvgIpc) is 2.72. The Kier molecular flexibility index (Phi) is 2.81. The quantitative estimate of drug-likeness (QED) is 0.908. The summed E-state index contributed by atoms with van der Waals surface area (Å²) < 4.78 is 0. The molecule has 2 fully saturated rings. The highest BCUT2D eigenvalue weighted by Gasteiger charge is 2.72. The van der Waals surface area contributed by atoms with Crippen LogP contribution in [0.2, 0.25) is 0 Å². The van der Waals surface area contributed by atoms with Gasteiger partial charge in [0, 0.05) is 18.0 Å². The third-order valence-electron chi connectivity index (χ3n) is 6.38. The number of rotatable bonds is 2. The van der Waals surface area contributed by atoms with Crippen LogP contribution < -0.4 is 5.32 Å². The summed E-state index contributed by atoms with van der Waals surface area (Å²) in [6, 6.07) is 3.77. The molecule has 2 bridgehead atoms. The number of carbonyl (C=O) groups excluding carboxylic acids is 2. The number of aromatic nitrogens is 1. The van der Waals surface area contributed by atoms with Crippen LogP contribution in [0.1, 0.15) is 45.6 Å². The molecule has 1 heterocycles. The van der Waals surface area contributed by atoms with E-state index in [1.165, 1.54) is 0 Å². The van der Waals surface area contributed by atoms with E-state index in [1.807, 2.05) is 26.0 Å². The first-order chi connectivity index (χ1) is 9.74. The second-order valence-electron chi connectivity index (χ2n) is 7.26. The van der Waals surface area contributed by atoms with Crippen molar-refractivity contribution in [3.8, 4) is 0 Å². The van der Waals surface area contributed by atoms with Gasteiger partial charge < -0.3 is 5.32 Å². The Balaban J connectivity index is 1.96. The molecule has 2 saturated carbocycles. The average molecular weight is 286 g/mol. The molecular formula is C17H22N2O2. The van der Waals surface area contributed by atoms with Crippen molar-refractivity contribution in [2.24, 2.45) is 16.2 Å². The third-order valence-corrected chi connectivity index (χ3v) is 6.38. The minimum Gasteiger partial charge on any atom is -0.310 e. The second-order valence-corrected chi connectivity index (χ2v) is 7.26. The van der Waals surface area contributed by atoms with E-state index in [0.717, 1.165) is 18.4 Å². The van der Waals surface area contributed by atoms with E-state index >= 15 is 0 Å². The van der Waals surface area contributed by atoms with E-state index in [9.17, 15) is 9.59 Å². The number of nitrogens with zero attached hydrogens (tertiary/aromatic N) is 1. The smallest absolute Gasteiger partial charge is 0.232 e. The molecule has 0 radical (unpaired) electrons. The Hall–Kier alpha value is -1.71. The molecule has 3 rings (SSSR count). The minimum absolute atomic E-state index is 0.0520. The topological polar surface area (TPSA) is 59.1 Å². The summed E-state index contributed by atoms with van der Waals surface area (Å²) >= 11 is 0. The van der Waals surface area contributed by atoms with Crippen molar-refractivity contribution in [3.63, 3.8) is 0 Å². The molecule has 21 heavy (non-hydrogen) atoms. The van der Waals surface area contributed by atoms with Crippen LogP contribution in [0.5, 0.6) is 0 Å². The molecule has 1 amide bonds. The van der Waals surface area contributed by atoms with E-state index < -0.39 is 5.41 Å². The van der Waals surface area contributed by atoms with Crippen molar-refractivity contribution in [1.29, 1.82) is 0 Å². The highest BCUT2D eigenvalue weighted by Crippen LogP contribution is 2.70.